The van der Waals surface area contributed by atoms with Gasteiger partial charge in [-0.2, -0.15) is 18.3 Å². The Bertz CT molecular complexity index is 1340. The van der Waals surface area contributed by atoms with Gasteiger partial charge in [0.25, 0.3) is 5.91 Å². The van der Waals surface area contributed by atoms with Crippen molar-refractivity contribution >= 4 is 23.0 Å². The third kappa shape index (κ3) is 4.20. The van der Waals surface area contributed by atoms with Crippen LogP contribution in [0.15, 0.2) is 60.7 Å². The van der Waals surface area contributed by atoms with Crippen molar-refractivity contribution in [3.63, 3.8) is 0 Å². The lowest BCUT2D eigenvalue weighted by Gasteiger charge is -2.11. The maximum atomic E-state index is 13.7. The predicted octanol–water partition coefficient (Wildman–Crippen LogP) is 5.01. The molecule has 0 bridgehead atoms. The van der Waals surface area contributed by atoms with E-state index >= 15 is 0 Å². The van der Waals surface area contributed by atoms with Gasteiger partial charge in [-0.1, -0.05) is 12.1 Å². The minimum atomic E-state index is -4.79. The Morgan fingerprint density at radius 1 is 1.00 bits per heavy atom. The van der Waals surface area contributed by atoms with Crippen LogP contribution in [-0.2, 0) is 6.18 Å². The number of halogens is 4. The molecule has 32 heavy (non-hydrogen) atoms. The van der Waals surface area contributed by atoms with Crippen LogP contribution < -0.4 is 5.32 Å². The van der Waals surface area contributed by atoms with Crippen molar-refractivity contribution in [1.82, 2.24) is 14.6 Å². The highest BCUT2D eigenvalue weighted by atomic mass is 19.4. The van der Waals surface area contributed by atoms with Gasteiger partial charge in [-0.25, -0.2) is 13.9 Å². The second-order valence-corrected chi connectivity index (χ2v) is 6.92. The first-order valence-electron chi connectivity index (χ1n) is 9.28. The summed E-state index contributed by atoms with van der Waals surface area (Å²) >= 11 is 0. The van der Waals surface area contributed by atoms with Crippen LogP contribution in [0.2, 0.25) is 0 Å². The summed E-state index contributed by atoms with van der Waals surface area (Å²) in [5.41, 5.74) is -0.772. The van der Waals surface area contributed by atoms with Gasteiger partial charge < -0.3 is 5.32 Å². The normalized spacial score (nSPS) is 11.5. The highest BCUT2D eigenvalue weighted by Crippen LogP contribution is 2.32. The highest BCUT2D eigenvalue weighted by Gasteiger charge is 2.35. The highest BCUT2D eigenvalue weighted by molar-refractivity contribution is 6.04. The molecule has 0 saturated carbocycles. The number of hydrogen-bond acceptors (Lipinski definition) is 4. The van der Waals surface area contributed by atoms with Crippen LogP contribution in [0, 0.1) is 5.82 Å². The van der Waals surface area contributed by atoms with E-state index in [4.69, 9.17) is 0 Å². The molecule has 4 rings (SSSR count). The Kier molecular flexibility index (Phi) is 5.21. The molecule has 0 aliphatic carbocycles. The van der Waals surface area contributed by atoms with Crippen molar-refractivity contribution in [3.05, 3.63) is 83.4 Å². The second kappa shape index (κ2) is 7.88. The summed E-state index contributed by atoms with van der Waals surface area (Å²) in [6, 6.07) is 12.8. The number of carbonyl (C=O) groups is 2. The second-order valence-electron chi connectivity index (χ2n) is 6.92. The Balaban J connectivity index is 1.75. The largest absolute Gasteiger partial charge is 0.433 e. The first-order valence-corrected chi connectivity index (χ1v) is 9.28. The molecule has 4 aromatic rings. The fourth-order valence-electron chi connectivity index (χ4n) is 3.07. The number of alkyl halides is 3. The molecule has 1 amide bonds. The van der Waals surface area contributed by atoms with Gasteiger partial charge in [0.05, 0.1) is 5.69 Å². The van der Waals surface area contributed by atoms with Crippen molar-refractivity contribution in [1.29, 1.82) is 0 Å². The monoisotopic (exact) mass is 442 g/mol. The van der Waals surface area contributed by atoms with Crippen molar-refractivity contribution in [2.45, 2.75) is 13.1 Å². The predicted molar refractivity (Wildman–Crippen MR) is 108 cm³/mol. The van der Waals surface area contributed by atoms with E-state index in [0.29, 0.717) is 10.1 Å². The number of carbonyl (C=O) groups excluding carboxylic acids is 2. The van der Waals surface area contributed by atoms with Gasteiger partial charge in [-0.15, -0.1) is 0 Å². The minimum Gasteiger partial charge on any atom is -0.321 e. The Labute approximate surface area is 178 Å². The van der Waals surface area contributed by atoms with E-state index in [9.17, 15) is 27.2 Å². The van der Waals surface area contributed by atoms with E-state index in [2.05, 4.69) is 15.4 Å². The first-order chi connectivity index (χ1) is 15.1. The van der Waals surface area contributed by atoms with Crippen LogP contribution in [0.5, 0.6) is 0 Å². The molecular weight excluding hydrogens is 428 g/mol. The minimum absolute atomic E-state index is 0.0501. The molecule has 2 heterocycles. The summed E-state index contributed by atoms with van der Waals surface area (Å²) in [6.45, 7) is 1.37. The molecule has 10 heteroatoms. The van der Waals surface area contributed by atoms with Gasteiger partial charge in [-0.3, -0.25) is 9.59 Å². The molecule has 0 aliphatic heterocycles. The molecule has 0 radical (unpaired) electrons. The van der Waals surface area contributed by atoms with E-state index in [-0.39, 0.29) is 34.1 Å². The van der Waals surface area contributed by atoms with Gasteiger partial charge in [0.1, 0.15) is 5.82 Å². The maximum Gasteiger partial charge on any atom is 0.433 e. The van der Waals surface area contributed by atoms with Crippen LogP contribution in [-0.4, -0.2) is 26.3 Å². The lowest BCUT2D eigenvalue weighted by molar-refractivity contribution is -0.142. The van der Waals surface area contributed by atoms with Crippen LogP contribution in [0.3, 0.4) is 0 Å². The molecule has 2 aromatic heterocycles. The lowest BCUT2D eigenvalue weighted by Crippen LogP contribution is -2.16. The summed E-state index contributed by atoms with van der Waals surface area (Å²) < 4.78 is 54.7. The standard InChI is InChI=1S/C22H14F4N4O2/c1-12(31)14-3-2-4-16(9-14)27-21(32)18-11-20-28-17(13-5-7-15(23)8-6-13)10-19(22(24,25)26)30(20)29-18/h2-11H,1H3,(H,27,32). The third-order valence-corrected chi connectivity index (χ3v) is 4.62. The molecule has 0 saturated heterocycles. The number of Topliss-reactive ketones (excluding diaryl/α,β-unsaturated/α-hetero) is 1. The molecule has 2 aromatic carbocycles. The SMILES string of the molecule is CC(=O)c1cccc(NC(=O)c2cc3nc(-c4ccc(F)cc4)cc(C(F)(F)F)n3n2)c1. The molecule has 6 nitrogen and oxygen atoms in total. The average Bonchev–Trinajstić information content (AvgIpc) is 3.17. The number of ketones is 1. The molecule has 162 valence electrons. The van der Waals surface area contributed by atoms with E-state index in [1.54, 1.807) is 12.1 Å². The quantitative estimate of drug-likeness (QED) is 0.356. The summed E-state index contributed by atoms with van der Waals surface area (Å²) in [5, 5.41) is 6.28. The zero-order chi connectivity index (χ0) is 23.0. The average molecular weight is 442 g/mol. The third-order valence-electron chi connectivity index (χ3n) is 4.62. The number of anilines is 1. The fraction of sp³-hybridized carbons (Fsp3) is 0.0909. The molecule has 0 spiro atoms. The lowest BCUT2D eigenvalue weighted by atomic mass is 10.1. The van der Waals surface area contributed by atoms with Gasteiger partial charge in [0.15, 0.2) is 22.8 Å². The topological polar surface area (TPSA) is 76.4 Å². The summed E-state index contributed by atoms with van der Waals surface area (Å²) in [4.78, 5) is 28.3. The van der Waals surface area contributed by atoms with E-state index in [0.717, 1.165) is 24.3 Å². The summed E-state index contributed by atoms with van der Waals surface area (Å²) in [5.74, 6) is -1.52. The van der Waals surface area contributed by atoms with Crippen molar-refractivity contribution in [3.8, 4) is 11.3 Å². The molecule has 0 aliphatic rings. The van der Waals surface area contributed by atoms with E-state index in [1.165, 1.54) is 31.2 Å². The van der Waals surface area contributed by atoms with Gasteiger partial charge in [0, 0.05) is 22.9 Å². The smallest absolute Gasteiger partial charge is 0.321 e. The van der Waals surface area contributed by atoms with Crippen LogP contribution in [0.4, 0.5) is 23.2 Å². The number of rotatable bonds is 4. The van der Waals surface area contributed by atoms with Crippen molar-refractivity contribution in [2.24, 2.45) is 0 Å². The van der Waals surface area contributed by atoms with Gasteiger partial charge in [-0.05, 0) is 49.4 Å². The zero-order valence-electron chi connectivity index (χ0n) is 16.4. The summed E-state index contributed by atoms with van der Waals surface area (Å²) in [6.07, 6.45) is -4.79. The van der Waals surface area contributed by atoms with E-state index < -0.39 is 23.6 Å². The van der Waals surface area contributed by atoms with Gasteiger partial charge in [0.2, 0.25) is 0 Å². The van der Waals surface area contributed by atoms with Crippen LogP contribution in [0.1, 0.15) is 33.5 Å². The molecule has 1 N–H and O–H groups in total. The molecule has 0 unspecified atom stereocenters. The Morgan fingerprint density at radius 3 is 2.38 bits per heavy atom. The number of nitrogens with zero attached hydrogens (tertiary/aromatic N) is 3. The molecule has 0 atom stereocenters. The summed E-state index contributed by atoms with van der Waals surface area (Å²) in [7, 11) is 0. The van der Waals surface area contributed by atoms with Crippen molar-refractivity contribution in [2.75, 3.05) is 5.32 Å². The maximum absolute atomic E-state index is 13.7. The Morgan fingerprint density at radius 2 is 1.72 bits per heavy atom. The van der Waals surface area contributed by atoms with Crippen LogP contribution >= 0.6 is 0 Å². The fourth-order valence-corrected chi connectivity index (χ4v) is 3.07. The number of aromatic nitrogens is 3. The van der Waals surface area contributed by atoms with Crippen molar-refractivity contribution < 1.29 is 27.2 Å². The van der Waals surface area contributed by atoms with Gasteiger partial charge >= 0.3 is 6.18 Å². The first kappa shape index (κ1) is 21.2. The number of hydrogen-bond donors (Lipinski definition) is 1. The molecule has 0 fully saturated rings. The zero-order valence-corrected chi connectivity index (χ0v) is 16.4. The Hall–Kier alpha value is -4.08. The van der Waals surface area contributed by atoms with E-state index in [1.807, 2.05) is 0 Å². The number of nitrogens with one attached hydrogen (secondary N) is 1. The number of fused-ring (bicyclic) bond motifs is 1. The molecular formula is C22H14F4N4O2. The number of amides is 1. The van der Waals surface area contributed by atoms with Crippen LogP contribution in [0.25, 0.3) is 16.9 Å². The number of benzene rings is 2.